The molecule has 1 unspecified atom stereocenters. The highest BCUT2D eigenvalue weighted by molar-refractivity contribution is 5.48. The highest BCUT2D eigenvalue weighted by Crippen LogP contribution is 2.28. The van der Waals surface area contributed by atoms with Gasteiger partial charge in [-0.1, -0.05) is 6.07 Å². The average Bonchev–Trinajstić information content (AvgIpc) is 3.26. The monoisotopic (exact) mass is 498 g/mol. The molecule has 2 saturated heterocycles. The van der Waals surface area contributed by atoms with Crippen LogP contribution in [-0.4, -0.2) is 82.9 Å². The Labute approximate surface area is 213 Å². The molecule has 2 atom stereocenters. The number of aromatic nitrogens is 4. The number of rotatable bonds is 8. The van der Waals surface area contributed by atoms with Crippen LogP contribution < -0.4 is 15.1 Å². The first-order valence-corrected chi connectivity index (χ1v) is 12.7. The van der Waals surface area contributed by atoms with Crippen molar-refractivity contribution >= 4 is 17.4 Å². The minimum absolute atomic E-state index is 0. The summed E-state index contributed by atoms with van der Waals surface area (Å²) in [5.41, 5.74) is 1.70. The van der Waals surface area contributed by atoms with E-state index in [2.05, 4.69) is 69.2 Å². The second-order valence-corrected chi connectivity index (χ2v) is 10.8. The highest BCUT2D eigenvalue weighted by atomic mass is 19.1. The van der Waals surface area contributed by atoms with Gasteiger partial charge in [0, 0.05) is 51.8 Å². The second-order valence-electron chi connectivity index (χ2n) is 10.8. The zero-order valence-electron chi connectivity index (χ0n) is 21.9. The van der Waals surface area contributed by atoms with Crippen molar-refractivity contribution in [2.75, 3.05) is 56.4 Å². The molecule has 2 aliphatic rings. The molecule has 9 nitrogen and oxygen atoms in total. The number of hydrogen-bond donors (Lipinski definition) is 1. The number of pyridine rings is 1. The van der Waals surface area contributed by atoms with E-state index in [4.69, 9.17) is 4.74 Å². The van der Waals surface area contributed by atoms with Gasteiger partial charge in [-0.25, -0.2) is 14.4 Å². The Balaban J connectivity index is 0.00000320. The van der Waals surface area contributed by atoms with Crippen molar-refractivity contribution in [3.05, 3.63) is 48.3 Å². The third-order valence-electron chi connectivity index (χ3n) is 7.55. The van der Waals surface area contributed by atoms with Crippen molar-refractivity contribution in [1.29, 1.82) is 0 Å². The molecule has 0 aromatic carbocycles. The minimum Gasteiger partial charge on any atom is -0.366 e. The van der Waals surface area contributed by atoms with Crippen LogP contribution in [0.3, 0.4) is 0 Å². The summed E-state index contributed by atoms with van der Waals surface area (Å²) < 4.78 is 22.6. The van der Waals surface area contributed by atoms with E-state index in [1.807, 2.05) is 35.5 Å². The first-order chi connectivity index (χ1) is 17.2. The molecule has 3 aromatic heterocycles. The maximum atomic E-state index is 14.6. The lowest BCUT2D eigenvalue weighted by molar-refractivity contribution is 0.0596. The molecule has 10 heteroatoms. The maximum Gasteiger partial charge on any atom is 0.227 e. The molecular weight excluding hydrogens is 459 g/mol. The Hall–Kier alpha value is -2.82. The van der Waals surface area contributed by atoms with Gasteiger partial charge < -0.3 is 18.9 Å². The van der Waals surface area contributed by atoms with Crippen LogP contribution in [0.2, 0.25) is 0 Å². The molecule has 0 radical (unpaired) electrons. The second kappa shape index (κ2) is 9.91. The zero-order valence-corrected chi connectivity index (χ0v) is 21.9. The zero-order chi connectivity index (χ0) is 25.4. The third kappa shape index (κ3) is 4.89. The Morgan fingerprint density at radius 1 is 1.11 bits per heavy atom. The van der Waals surface area contributed by atoms with Gasteiger partial charge in [0.1, 0.15) is 5.65 Å². The number of nitrogens with one attached hydrogen (secondary N) is 1. The molecule has 0 spiro atoms. The van der Waals surface area contributed by atoms with Gasteiger partial charge >= 0.3 is 0 Å². The first-order valence-electron chi connectivity index (χ1n) is 12.7. The molecule has 2 fully saturated rings. The van der Waals surface area contributed by atoms with Crippen molar-refractivity contribution in [3.8, 4) is 0 Å². The standard InChI is InChI=1S/C26H37FN8O.H2/c1-18-13-35(19(2)12-32(18)5)25-29-10-21(27)24(31-25)33-14-20(15-33)16-36-17-30-26(3,4)22-11-28-23-8-6-7-9-34(22)23;/h6-11,18-20,30H,12-17H2,1-5H3;1H/t18?,19-;/m0./s1. The molecule has 0 aliphatic carbocycles. The fourth-order valence-corrected chi connectivity index (χ4v) is 5.08. The molecule has 5 heterocycles. The quantitative estimate of drug-likeness (QED) is 0.375. The predicted octanol–water partition coefficient (Wildman–Crippen LogP) is 2.97. The minimum atomic E-state index is -0.371. The summed E-state index contributed by atoms with van der Waals surface area (Å²) in [7, 11) is 2.13. The summed E-state index contributed by atoms with van der Waals surface area (Å²) >= 11 is 0. The van der Waals surface area contributed by atoms with Gasteiger partial charge in [-0.15, -0.1) is 0 Å². The smallest absolute Gasteiger partial charge is 0.227 e. The van der Waals surface area contributed by atoms with Gasteiger partial charge in [-0.3, -0.25) is 10.2 Å². The normalized spacial score (nSPS) is 21.8. The lowest BCUT2D eigenvalue weighted by atomic mass is 10.0. The molecule has 36 heavy (non-hydrogen) atoms. The number of piperazine rings is 1. The van der Waals surface area contributed by atoms with Gasteiger partial charge in [0.2, 0.25) is 5.95 Å². The summed E-state index contributed by atoms with van der Waals surface area (Å²) in [5, 5.41) is 3.48. The van der Waals surface area contributed by atoms with Crippen molar-refractivity contribution in [2.45, 2.75) is 45.3 Å². The van der Waals surface area contributed by atoms with E-state index in [1.54, 1.807) is 0 Å². The Morgan fingerprint density at radius 3 is 2.72 bits per heavy atom. The van der Waals surface area contributed by atoms with Crippen molar-refractivity contribution < 1.29 is 10.6 Å². The fourth-order valence-electron chi connectivity index (χ4n) is 5.08. The summed E-state index contributed by atoms with van der Waals surface area (Å²) in [6.45, 7) is 12.8. The van der Waals surface area contributed by atoms with E-state index in [-0.39, 0.29) is 18.8 Å². The van der Waals surface area contributed by atoms with Crippen LogP contribution in [0, 0.1) is 11.7 Å². The van der Waals surface area contributed by atoms with Crippen LogP contribution in [-0.2, 0) is 10.3 Å². The number of anilines is 2. The Morgan fingerprint density at radius 2 is 1.92 bits per heavy atom. The molecule has 0 saturated carbocycles. The maximum absolute atomic E-state index is 14.6. The number of nitrogens with zero attached hydrogens (tertiary/aromatic N) is 7. The van der Waals surface area contributed by atoms with Gasteiger partial charge in [-0.05, 0) is 46.9 Å². The van der Waals surface area contributed by atoms with E-state index >= 15 is 0 Å². The van der Waals surface area contributed by atoms with E-state index in [0.717, 1.165) is 37.5 Å². The van der Waals surface area contributed by atoms with Crippen molar-refractivity contribution in [2.24, 2.45) is 5.92 Å². The van der Waals surface area contributed by atoms with Crippen LogP contribution in [0.15, 0.2) is 36.8 Å². The van der Waals surface area contributed by atoms with Crippen molar-refractivity contribution in [1.82, 2.24) is 29.6 Å². The average molecular weight is 499 g/mol. The fraction of sp³-hybridized carbons (Fsp3) is 0.577. The van der Waals surface area contributed by atoms with Crippen LogP contribution >= 0.6 is 0 Å². The molecule has 0 bridgehead atoms. The van der Waals surface area contributed by atoms with Gasteiger partial charge in [0.15, 0.2) is 11.6 Å². The molecule has 2 aliphatic heterocycles. The SMILES string of the molecule is CC1CN(c2ncc(F)c(N3CC(COCNC(C)(C)c4cnc5ccccn45)C3)n2)[C@@H](C)CN1C.[HH]. The first kappa shape index (κ1) is 24.9. The van der Waals surface area contributed by atoms with E-state index in [1.165, 1.54) is 6.20 Å². The highest BCUT2D eigenvalue weighted by Gasteiger charge is 2.33. The summed E-state index contributed by atoms with van der Waals surface area (Å²) in [6.07, 6.45) is 5.23. The van der Waals surface area contributed by atoms with Crippen molar-refractivity contribution in [3.63, 3.8) is 0 Å². The van der Waals surface area contributed by atoms with Gasteiger partial charge in [-0.2, -0.15) is 4.98 Å². The lowest BCUT2D eigenvalue weighted by Gasteiger charge is -2.43. The Bertz CT molecular complexity index is 1200. The largest absolute Gasteiger partial charge is 0.366 e. The number of fused-ring (bicyclic) bond motifs is 1. The van der Waals surface area contributed by atoms with E-state index in [9.17, 15) is 4.39 Å². The van der Waals surface area contributed by atoms with Gasteiger partial charge in [0.25, 0.3) is 0 Å². The molecule has 1 N–H and O–H groups in total. The number of imidazole rings is 1. The summed E-state index contributed by atoms with van der Waals surface area (Å²) in [5.74, 6) is 0.967. The summed E-state index contributed by atoms with van der Waals surface area (Å²) in [6, 6.07) is 6.66. The predicted molar refractivity (Wildman–Crippen MR) is 141 cm³/mol. The third-order valence-corrected chi connectivity index (χ3v) is 7.55. The number of halogens is 1. The molecule has 0 amide bonds. The van der Waals surface area contributed by atoms with E-state index in [0.29, 0.717) is 37.1 Å². The summed E-state index contributed by atoms with van der Waals surface area (Å²) in [4.78, 5) is 19.9. The van der Waals surface area contributed by atoms with Gasteiger partial charge in [0.05, 0.1) is 37.0 Å². The Kier molecular flexibility index (Phi) is 6.84. The number of hydrogen-bond acceptors (Lipinski definition) is 8. The van der Waals surface area contributed by atoms with Crippen LogP contribution in [0.1, 0.15) is 34.8 Å². The molecule has 196 valence electrons. The van der Waals surface area contributed by atoms with E-state index < -0.39 is 0 Å². The molecule has 3 aromatic rings. The van der Waals surface area contributed by atoms with Crippen LogP contribution in [0.4, 0.5) is 16.2 Å². The van der Waals surface area contributed by atoms with Crippen LogP contribution in [0.5, 0.6) is 0 Å². The van der Waals surface area contributed by atoms with Crippen LogP contribution in [0.25, 0.3) is 5.65 Å². The number of likely N-dealkylation sites (N-methyl/N-ethyl adjacent to an activating group) is 1. The number of ether oxygens (including phenoxy) is 1. The molecular formula is C26H39FN8O. The molecule has 5 rings (SSSR count). The lowest BCUT2D eigenvalue weighted by Crippen LogP contribution is -2.55. The topological polar surface area (TPSA) is 74.1 Å².